The summed E-state index contributed by atoms with van der Waals surface area (Å²) in [4.78, 5) is 30.2. The van der Waals surface area contributed by atoms with E-state index in [1.54, 1.807) is 20.8 Å². The lowest BCUT2D eigenvalue weighted by Crippen LogP contribution is -2.63. The molecule has 0 atom stereocenters. The number of carbonyl (C=O) groups is 2. The van der Waals surface area contributed by atoms with E-state index in [1.807, 2.05) is 30.3 Å². The molecule has 1 aromatic carbocycles. The van der Waals surface area contributed by atoms with Gasteiger partial charge in [0.05, 0.1) is 30.9 Å². The first-order valence-electron chi connectivity index (χ1n) is 11.3. The highest BCUT2D eigenvalue weighted by molar-refractivity contribution is 6.34. The molecule has 37 heavy (non-hydrogen) atoms. The maximum Gasteiger partial charge on any atom is 0.410 e. The molecule has 4 rings (SSSR count). The molecule has 1 aliphatic heterocycles. The van der Waals surface area contributed by atoms with Crippen molar-refractivity contribution < 1.29 is 23.1 Å². The number of anilines is 1. The van der Waals surface area contributed by atoms with Crippen molar-refractivity contribution in [1.29, 1.82) is 0 Å². The normalized spacial score (nSPS) is 14.3. The summed E-state index contributed by atoms with van der Waals surface area (Å²) in [5, 5.41) is 6.28. The largest absolute Gasteiger partial charge is 0.444 e. The number of amides is 2. The van der Waals surface area contributed by atoms with Gasteiger partial charge in [0.15, 0.2) is 17.3 Å². The van der Waals surface area contributed by atoms with Gasteiger partial charge in [-0.25, -0.2) is 18.6 Å². The molecule has 1 saturated heterocycles. The Hall–Kier alpha value is -3.97. The number of carbonyl (C=O) groups excluding carboxylic acids is 2. The fraction of sp³-hybridized carbons (Fsp3) is 0.308. The standard InChI is InChI=1S/C26H24ClF2N5O3/c1-25(2,3)37-24(36)33-14-26(29,15-33)16-34-21(19(27)13-31-34)23(35)32-22-20(28)11-18(12-30-22)10-9-17-7-5-4-6-8-17/h4-8,11-13H,14-16H2,1-3H3,(H,30,32,35). The van der Waals surface area contributed by atoms with Gasteiger partial charge in [-0.2, -0.15) is 5.10 Å². The van der Waals surface area contributed by atoms with Crippen molar-refractivity contribution in [1.82, 2.24) is 19.7 Å². The Kier molecular flexibility index (Phi) is 7.18. The lowest BCUT2D eigenvalue weighted by molar-refractivity contribution is -0.0594. The van der Waals surface area contributed by atoms with Gasteiger partial charge in [-0.1, -0.05) is 41.6 Å². The molecule has 192 valence electrons. The number of pyridine rings is 1. The van der Waals surface area contributed by atoms with Crippen LogP contribution in [0, 0.1) is 17.7 Å². The van der Waals surface area contributed by atoms with E-state index in [4.69, 9.17) is 16.3 Å². The topological polar surface area (TPSA) is 89.4 Å². The van der Waals surface area contributed by atoms with Gasteiger partial charge in [0.1, 0.15) is 11.3 Å². The van der Waals surface area contributed by atoms with Crippen LogP contribution in [0.1, 0.15) is 42.4 Å². The van der Waals surface area contributed by atoms with E-state index in [0.29, 0.717) is 5.56 Å². The fourth-order valence-electron chi connectivity index (χ4n) is 3.60. The van der Waals surface area contributed by atoms with Crippen LogP contribution in [0.4, 0.5) is 19.4 Å². The van der Waals surface area contributed by atoms with E-state index in [-0.39, 0.29) is 36.2 Å². The lowest BCUT2D eigenvalue weighted by atomic mass is 9.97. The van der Waals surface area contributed by atoms with Crippen molar-refractivity contribution >= 4 is 29.4 Å². The van der Waals surface area contributed by atoms with Crippen molar-refractivity contribution in [3.63, 3.8) is 0 Å². The summed E-state index contributed by atoms with van der Waals surface area (Å²) in [6.07, 6.45) is 1.88. The first-order chi connectivity index (χ1) is 17.4. The molecule has 0 unspecified atom stereocenters. The summed E-state index contributed by atoms with van der Waals surface area (Å²) in [5.41, 5.74) is -1.63. The van der Waals surface area contributed by atoms with Crippen LogP contribution in [0.5, 0.6) is 0 Å². The summed E-state index contributed by atoms with van der Waals surface area (Å²) in [6, 6.07) is 10.3. The highest BCUT2D eigenvalue weighted by Crippen LogP contribution is 2.30. The van der Waals surface area contributed by atoms with E-state index >= 15 is 4.39 Å². The molecule has 0 radical (unpaired) electrons. The van der Waals surface area contributed by atoms with Crippen molar-refractivity contribution in [3.05, 3.63) is 76.5 Å². The molecule has 0 saturated carbocycles. The molecule has 2 amide bonds. The third-order valence-electron chi connectivity index (χ3n) is 5.24. The van der Waals surface area contributed by atoms with Crippen LogP contribution in [-0.2, 0) is 11.3 Å². The SMILES string of the molecule is CC(C)(C)OC(=O)N1CC(F)(Cn2ncc(Cl)c2C(=O)Nc2ncc(C#Cc3ccccc3)cc2F)C1. The Bertz CT molecular complexity index is 1390. The van der Waals surface area contributed by atoms with Crippen LogP contribution in [0.15, 0.2) is 48.8 Å². The second-order valence-electron chi connectivity index (χ2n) is 9.61. The summed E-state index contributed by atoms with van der Waals surface area (Å²) >= 11 is 6.13. The van der Waals surface area contributed by atoms with Crippen LogP contribution < -0.4 is 5.32 Å². The molecule has 3 aromatic rings. The molecule has 11 heteroatoms. The van der Waals surface area contributed by atoms with E-state index in [9.17, 15) is 14.0 Å². The average molecular weight is 528 g/mol. The number of ether oxygens (including phenoxy) is 1. The molecular weight excluding hydrogens is 504 g/mol. The van der Waals surface area contributed by atoms with Crippen molar-refractivity contribution in [2.45, 2.75) is 38.6 Å². The number of aromatic nitrogens is 3. The van der Waals surface area contributed by atoms with E-state index < -0.39 is 29.1 Å². The minimum atomic E-state index is -1.84. The second-order valence-corrected chi connectivity index (χ2v) is 10.0. The first kappa shape index (κ1) is 26.1. The predicted octanol–water partition coefficient (Wildman–Crippen LogP) is 4.68. The quantitative estimate of drug-likeness (QED) is 0.498. The average Bonchev–Trinajstić information content (AvgIpc) is 3.16. The van der Waals surface area contributed by atoms with E-state index in [0.717, 1.165) is 16.3 Å². The van der Waals surface area contributed by atoms with Crippen molar-refractivity contribution in [2.24, 2.45) is 0 Å². The van der Waals surface area contributed by atoms with Gasteiger partial charge in [0.2, 0.25) is 0 Å². The number of rotatable bonds is 4. The molecule has 0 aliphatic carbocycles. The Morgan fingerprint density at radius 2 is 1.84 bits per heavy atom. The Balaban J connectivity index is 1.42. The Labute approximate surface area is 217 Å². The van der Waals surface area contributed by atoms with Gasteiger partial charge in [0.25, 0.3) is 5.91 Å². The van der Waals surface area contributed by atoms with Crippen LogP contribution in [0.25, 0.3) is 0 Å². The molecule has 0 bridgehead atoms. The summed E-state index contributed by atoms with van der Waals surface area (Å²) < 4.78 is 36.2. The predicted molar refractivity (Wildman–Crippen MR) is 133 cm³/mol. The number of nitrogens with zero attached hydrogens (tertiary/aromatic N) is 4. The van der Waals surface area contributed by atoms with Crippen LogP contribution in [0.3, 0.4) is 0 Å². The van der Waals surface area contributed by atoms with Crippen LogP contribution in [-0.4, -0.2) is 56.0 Å². The zero-order valence-corrected chi connectivity index (χ0v) is 21.1. The number of halogens is 3. The van der Waals surface area contributed by atoms with Crippen LogP contribution in [0.2, 0.25) is 5.02 Å². The highest BCUT2D eigenvalue weighted by Gasteiger charge is 2.48. The van der Waals surface area contributed by atoms with Crippen LogP contribution >= 0.6 is 11.6 Å². The van der Waals surface area contributed by atoms with Gasteiger partial charge in [-0.15, -0.1) is 0 Å². The number of hydrogen-bond acceptors (Lipinski definition) is 5. The Morgan fingerprint density at radius 1 is 1.16 bits per heavy atom. The van der Waals surface area contributed by atoms with E-state index in [1.165, 1.54) is 17.3 Å². The summed E-state index contributed by atoms with van der Waals surface area (Å²) in [7, 11) is 0. The molecular formula is C26H24ClF2N5O3. The third-order valence-corrected chi connectivity index (χ3v) is 5.52. The minimum Gasteiger partial charge on any atom is -0.444 e. The molecule has 0 spiro atoms. The van der Waals surface area contributed by atoms with Crippen molar-refractivity contribution in [3.8, 4) is 11.8 Å². The lowest BCUT2D eigenvalue weighted by Gasteiger charge is -2.44. The summed E-state index contributed by atoms with van der Waals surface area (Å²) in [5.74, 6) is 3.75. The monoisotopic (exact) mass is 527 g/mol. The van der Waals surface area contributed by atoms with Gasteiger partial charge < -0.3 is 15.0 Å². The fourth-order valence-corrected chi connectivity index (χ4v) is 3.83. The van der Waals surface area contributed by atoms with E-state index in [2.05, 4.69) is 27.2 Å². The smallest absolute Gasteiger partial charge is 0.410 e. The first-order valence-corrected chi connectivity index (χ1v) is 11.7. The molecule has 1 aliphatic rings. The third kappa shape index (κ3) is 6.43. The molecule has 1 N–H and O–H groups in total. The number of alkyl halides is 1. The zero-order chi connectivity index (χ0) is 26.8. The van der Waals surface area contributed by atoms with Gasteiger partial charge in [0, 0.05) is 17.3 Å². The molecule has 1 fully saturated rings. The zero-order valence-electron chi connectivity index (χ0n) is 20.4. The summed E-state index contributed by atoms with van der Waals surface area (Å²) in [6.45, 7) is 4.34. The molecule has 2 aromatic heterocycles. The molecule has 3 heterocycles. The van der Waals surface area contributed by atoms with Gasteiger partial charge in [-0.3, -0.25) is 9.48 Å². The Morgan fingerprint density at radius 3 is 2.49 bits per heavy atom. The maximum atomic E-state index is 15.2. The highest BCUT2D eigenvalue weighted by atomic mass is 35.5. The second kappa shape index (κ2) is 10.2. The van der Waals surface area contributed by atoms with Gasteiger partial charge >= 0.3 is 6.09 Å². The number of benzene rings is 1. The molecule has 8 nitrogen and oxygen atoms in total. The number of nitrogens with one attached hydrogen (secondary N) is 1. The number of hydrogen-bond donors (Lipinski definition) is 1. The minimum absolute atomic E-state index is 0.0461. The number of likely N-dealkylation sites (tertiary alicyclic amines) is 1. The van der Waals surface area contributed by atoms with Crippen molar-refractivity contribution in [2.75, 3.05) is 18.4 Å². The van der Waals surface area contributed by atoms with Gasteiger partial charge in [-0.05, 0) is 39.0 Å². The maximum absolute atomic E-state index is 15.2.